The number of hydrogen-bond donors (Lipinski definition) is 0. The summed E-state index contributed by atoms with van der Waals surface area (Å²) in [6.45, 7) is 3.63. The Morgan fingerprint density at radius 2 is 1.61 bits per heavy atom. The molecule has 3 aromatic heterocycles. The molecule has 0 aliphatic heterocycles. The summed E-state index contributed by atoms with van der Waals surface area (Å²) in [6, 6.07) is 18.9. The zero-order valence-electron chi connectivity index (χ0n) is 17.0. The number of aromatic nitrogens is 4. The van der Waals surface area contributed by atoms with Crippen LogP contribution in [0.4, 0.5) is 0 Å². The molecule has 7 nitrogen and oxygen atoms in total. The molecule has 0 atom stereocenters. The van der Waals surface area contributed by atoms with E-state index in [1.165, 1.54) is 0 Å². The van der Waals surface area contributed by atoms with E-state index in [1.807, 2.05) is 61.5 Å². The van der Waals surface area contributed by atoms with Crippen LogP contribution in [0.5, 0.6) is 0 Å². The number of nitrogens with zero attached hydrogens (tertiary/aromatic N) is 4. The Hall–Kier alpha value is -4.13. The Morgan fingerprint density at radius 3 is 2.39 bits per heavy atom. The van der Waals surface area contributed by atoms with Gasteiger partial charge >= 0.3 is 5.97 Å². The van der Waals surface area contributed by atoms with Crippen LogP contribution < -0.4 is 0 Å². The number of carbonyl (C=O) groups excluding carboxylic acids is 1. The molecule has 5 rings (SSSR count). The van der Waals surface area contributed by atoms with Crippen molar-refractivity contribution < 1.29 is 14.1 Å². The van der Waals surface area contributed by atoms with Crippen molar-refractivity contribution in [2.24, 2.45) is 0 Å². The number of pyridine rings is 1. The third-order valence-corrected chi connectivity index (χ3v) is 5.09. The molecule has 7 heteroatoms. The first kappa shape index (κ1) is 18.9. The number of esters is 1. The molecule has 0 amide bonds. The monoisotopic (exact) mass is 410 g/mol. The minimum absolute atomic E-state index is 0.0112. The highest BCUT2D eigenvalue weighted by molar-refractivity contribution is 6.04. The number of benzene rings is 2. The first-order chi connectivity index (χ1) is 15.1. The summed E-state index contributed by atoms with van der Waals surface area (Å²) in [5, 5.41) is 4.52. The molecule has 0 bridgehead atoms. The molecule has 152 valence electrons. The van der Waals surface area contributed by atoms with Crippen LogP contribution in [0.15, 0.2) is 65.2 Å². The zero-order valence-corrected chi connectivity index (χ0v) is 17.0. The van der Waals surface area contributed by atoms with E-state index >= 15 is 0 Å². The maximum Gasteiger partial charge on any atom is 0.339 e. The molecule has 0 radical (unpaired) electrons. The average molecular weight is 410 g/mol. The molecule has 0 N–H and O–H groups in total. The third kappa shape index (κ3) is 3.50. The Bertz CT molecular complexity index is 1430. The van der Waals surface area contributed by atoms with Crippen molar-refractivity contribution in [1.82, 2.24) is 20.1 Å². The lowest BCUT2D eigenvalue weighted by atomic mass is 10.1. The zero-order chi connectivity index (χ0) is 21.4. The maximum atomic E-state index is 13.1. The van der Waals surface area contributed by atoms with Gasteiger partial charge in [0.2, 0.25) is 0 Å². The number of carbonyl (C=O) groups is 1. The van der Waals surface area contributed by atoms with Gasteiger partial charge in [-0.05, 0) is 32.0 Å². The van der Waals surface area contributed by atoms with Crippen LogP contribution in [-0.4, -0.2) is 26.1 Å². The lowest BCUT2D eigenvalue weighted by Crippen LogP contribution is -2.09. The third-order valence-electron chi connectivity index (χ3n) is 5.09. The fourth-order valence-electron chi connectivity index (χ4n) is 3.49. The molecule has 0 unspecified atom stereocenters. The molecule has 5 aromatic rings. The Balaban J connectivity index is 1.50. The van der Waals surface area contributed by atoms with Crippen LogP contribution in [0.1, 0.15) is 27.4 Å². The van der Waals surface area contributed by atoms with Gasteiger partial charge in [-0.15, -0.1) is 0 Å². The van der Waals surface area contributed by atoms with E-state index in [-0.39, 0.29) is 6.61 Å². The number of fused-ring (bicyclic) bond motifs is 2. The SMILES string of the molecule is Cc1nc2ccccc2nc1COC(=O)c1cc(-c2ccccc2)nc2onc(C)c12. The summed E-state index contributed by atoms with van der Waals surface area (Å²) >= 11 is 0. The van der Waals surface area contributed by atoms with Gasteiger partial charge < -0.3 is 9.26 Å². The summed E-state index contributed by atoms with van der Waals surface area (Å²) in [7, 11) is 0. The van der Waals surface area contributed by atoms with E-state index in [4.69, 9.17) is 9.26 Å². The highest BCUT2D eigenvalue weighted by atomic mass is 16.5. The van der Waals surface area contributed by atoms with Crippen molar-refractivity contribution >= 4 is 28.1 Å². The van der Waals surface area contributed by atoms with Crippen LogP contribution in [0.3, 0.4) is 0 Å². The van der Waals surface area contributed by atoms with Gasteiger partial charge in [0.15, 0.2) is 0 Å². The molecule has 31 heavy (non-hydrogen) atoms. The molecule has 0 aliphatic rings. The highest BCUT2D eigenvalue weighted by Gasteiger charge is 2.21. The quantitative estimate of drug-likeness (QED) is 0.393. The fourth-order valence-corrected chi connectivity index (χ4v) is 3.49. The van der Waals surface area contributed by atoms with Gasteiger partial charge in [0.25, 0.3) is 5.71 Å². The lowest BCUT2D eigenvalue weighted by molar-refractivity contribution is 0.0469. The molecular formula is C24H18N4O3. The van der Waals surface area contributed by atoms with E-state index in [9.17, 15) is 4.79 Å². The maximum absolute atomic E-state index is 13.1. The van der Waals surface area contributed by atoms with E-state index in [0.717, 1.165) is 22.3 Å². The second-order valence-corrected chi connectivity index (χ2v) is 7.19. The number of para-hydroxylation sites is 2. The van der Waals surface area contributed by atoms with E-state index in [1.54, 1.807) is 13.0 Å². The molecule has 0 fully saturated rings. The molecular weight excluding hydrogens is 392 g/mol. The first-order valence-electron chi connectivity index (χ1n) is 9.82. The Labute approximate surface area is 177 Å². The van der Waals surface area contributed by atoms with Gasteiger partial charge in [0.1, 0.15) is 6.61 Å². The summed E-state index contributed by atoms with van der Waals surface area (Å²) in [5.74, 6) is -0.495. The van der Waals surface area contributed by atoms with Gasteiger partial charge in [-0.2, -0.15) is 0 Å². The van der Waals surface area contributed by atoms with Crippen molar-refractivity contribution in [3.63, 3.8) is 0 Å². The van der Waals surface area contributed by atoms with Gasteiger partial charge in [-0.3, -0.25) is 0 Å². The van der Waals surface area contributed by atoms with Crippen molar-refractivity contribution in [2.75, 3.05) is 0 Å². The number of rotatable bonds is 4. The van der Waals surface area contributed by atoms with E-state index in [0.29, 0.717) is 33.7 Å². The summed E-state index contributed by atoms with van der Waals surface area (Å²) < 4.78 is 11.0. The minimum atomic E-state index is -0.495. The molecule has 0 aliphatic carbocycles. The van der Waals surface area contributed by atoms with Crippen LogP contribution in [-0.2, 0) is 11.3 Å². The van der Waals surface area contributed by atoms with Crippen molar-refractivity contribution in [2.45, 2.75) is 20.5 Å². The van der Waals surface area contributed by atoms with Crippen LogP contribution >= 0.6 is 0 Å². The molecule has 3 heterocycles. The predicted octanol–water partition coefficient (Wildman–Crippen LogP) is 4.81. The highest BCUT2D eigenvalue weighted by Crippen LogP contribution is 2.27. The summed E-state index contributed by atoms with van der Waals surface area (Å²) in [4.78, 5) is 26.7. The standard InChI is InChI=1S/C24H18N4O3/c1-14-21(26-19-11-7-6-10-18(19)25-14)13-30-24(29)17-12-20(16-8-4-3-5-9-16)27-23-22(17)15(2)28-31-23/h3-12H,13H2,1-2H3. The normalized spacial score (nSPS) is 11.2. The topological polar surface area (TPSA) is 91.0 Å². The average Bonchev–Trinajstić information content (AvgIpc) is 3.18. The minimum Gasteiger partial charge on any atom is -0.455 e. The largest absolute Gasteiger partial charge is 0.455 e. The fraction of sp³-hybridized carbons (Fsp3) is 0.125. The Kier molecular flexibility index (Phi) is 4.63. The van der Waals surface area contributed by atoms with Gasteiger partial charge in [0, 0.05) is 5.56 Å². The number of hydrogen-bond acceptors (Lipinski definition) is 7. The van der Waals surface area contributed by atoms with Crippen LogP contribution in [0.25, 0.3) is 33.4 Å². The number of ether oxygens (including phenoxy) is 1. The Morgan fingerprint density at radius 1 is 0.903 bits per heavy atom. The van der Waals surface area contributed by atoms with E-state index < -0.39 is 5.97 Å². The van der Waals surface area contributed by atoms with Gasteiger partial charge in [0.05, 0.1) is 44.8 Å². The van der Waals surface area contributed by atoms with Gasteiger partial charge in [-0.25, -0.2) is 19.7 Å². The molecule has 0 saturated carbocycles. The van der Waals surface area contributed by atoms with Gasteiger partial charge in [-0.1, -0.05) is 47.6 Å². The van der Waals surface area contributed by atoms with Crippen LogP contribution in [0.2, 0.25) is 0 Å². The molecule has 0 saturated heterocycles. The van der Waals surface area contributed by atoms with Crippen LogP contribution in [0, 0.1) is 13.8 Å². The van der Waals surface area contributed by atoms with Crippen molar-refractivity contribution in [3.8, 4) is 11.3 Å². The summed E-state index contributed by atoms with van der Waals surface area (Å²) in [5.41, 5.74) is 5.60. The number of aryl methyl sites for hydroxylation is 2. The smallest absolute Gasteiger partial charge is 0.339 e. The van der Waals surface area contributed by atoms with E-state index in [2.05, 4.69) is 20.1 Å². The lowest BCUT2D eigenvalue weighted by Gasteiger charge is -2.09. The second kappa shape index (κ2) is 7.60. The van der Waals surface area contributed by atoms with Crippen molar-refractivity contribution in [3.05, 3.63) is 83.3 Å². The first-order valence-corrected chi connectivity index (χ1v) is 9.82. The second-order valence-electron chi connectivity index (χ2n) is 7.19. The summed E-state index contributed by atoms with van der Waals surface area (Å²) in [6.07, 6.45) is 0. The molecule has 0 spiro atoms. The predicted molar refractivity (Wildman–Crippen MR) is 115 cm³/mol. The molecule has 2 aromatic carbocycles. The van der Waals surface area contributed by atoms with Crippen molar-refractivity contribution in [1.29, 1.82) is 0 Å².